The highest BCUT2D eigenvalue weighted by atomic mass is 32.2. The normalized spacial score (nSPS) is 11.6. The molecule has 1 rings (SSSR count). The summed E-state index contributed by atoms with van der Waals surface area (Å²) in [7, 11) is -4.27. The van der Waals surface area contributed by atoms with Crippen LogP contribution in [0.15, 0.2) is 34.3 Å². The van der Waals surface area contributed by atoms with Crippen molar-refractivity contribution in [2.24, 2.45) is 10.8 Å². The molecular weight excluding hydrogens is 250 g/mol. The zero-order chi connectivity index (χ0) is 12.2. The van der Waals surface area contributed by atoms with Crippen molar-refractivity contribution in [3.8, 4) is 0 Å². The third-order valence-electron chi connectivity index (χ3n) is 1.58. The van der Waals surface area contributed by atoms with Crippen LogP contribution in [0.3, 0.4) is 0 Å². The Hall–Kier alpha value is -1.51. The number of benzene rings is 1. The molecule has 6 nitrogen and oxygen atoms in total. The van der Waals surface area contributed by atoms with E-state index in [-0.39, 0.29) is 15.6 Å². The van der Waals surface area contributed by atoms with Crippen molar-refractivity contribution in [2.45, 2.75) is 4.90 Å². The SMILES string of the molecule is NC(=S)N/N=C/c1ccccc1S(=O)(=O)O. The molecule has 1 aromatic rings. The van der Waals surface area contributed by atoms with Gasteiger partial charge in [0.2, 0.25) is 0 Å². The van der Waals surface area contributed by atoms with Gasteiger partial charge in [0.25, 0.3) is 10.1 Å². The fraction of sp³-hybridized carbons (Fsp3) is 0. The van der Waals surface area contributed by atoms with Crippen LogP contribution in [-0.4, -0.2) is 24.3 Å². The summed E-state index contributed by atoms with van der Waals surface area (Å²) < 4.78 is 30.9. The Labute approximate surface area is 97.9 Å². The highest BCUT2D eigenvalue weighted by molar-refractivity contribution is 7.86. The summed E-state index contributed by atoms with van der Waals surface area (Å²) in [4.78, 5) is -0.233. The van der Waals surface area contributed by atoms with Gasteiger partial charge in [0.05, 0.1) is 6.21 Å². The lowest BCUT2D eigenvalue weighted by Crippen LogP contribution is -2.24. The zero-order valence-corrected chi connectivity index (χ0v) is 9.62. The number of hydrogen-bond donors (Lipinski definition) is 3. The second kappa shape index (κ2) is 5.01. The van der Waals surface area contributed by atoms with Gasteiger partial charge < -0.3 is 5.73 Å². The Morgan fingerprint density at radius 1 is 1.50 bits per heavy atom. The van der Waals surface area contributed by atoms with Gasteiger partial charge in [0, 0.05) is 5.56 Å². The highest BCUT2D eigenvalue weighted by Gasteiger charge is 2.12. The van der Waals surface area contributed by atoms with Gasteiger partial charge in [-0.3, -0.25) is 9.98 Å². The lowest BCUT2D eigenvalue weighted by Gasteiger charge is -2.01. The topological polar surface area (TPSA) is 105 Å². The predicted molar refractivity (Wildman–Crippen MR) is 63.8 cm³/mol. The molecule has 0 saturated heterocycles. The summed E-state index contributed by atoms with van der Waals surface area (Å²) in [6.07, 6.45) is 1.20. The third-order valence-corrected chi connectivity index (χ3v) is 2.59. The molecule has 0 spiro atoms. The van der Waals surface area contributed by atoms with Gasteiger partial charge >= 0.3 is 0 Å². The van der Waals surface area contributed by atoms with Crippen LogP contribution >= 0.6 is 12.2 Å². The van der Waals surface area contributed by atoms with Crippen molar-refractivity contribution in [2.75, 3.05) is 0 Å². The smallest absolute Gasteiger partial charge is 0.295 e. The maximum Gasteiger partial charge on any atom is 0.295 e. The van der Waals surface area contributed by atoms with E-state index < -0.39 is 10.1 Å². The van der Waals surface area contributed by atoms with Crippen LogP contribution in [-0.2, 0) is 10.1 Å². The summed E-state index contributed by atoms with van der Waals surface area (Å²) in [5, 5.41) is 3.56. The summed E-state index contributed by atoms with van der Waals surface area (Å²) in [6.45, 7) is 0. The molecule has 1 aromatic carbocycles. The van der Waals surface area contributed by atoms with E-state index in [4.69, 9.17) is 10.3 Å². The number of nitrogens with one attached hydrogen (secondary N) is 1. The van der Waals surface area contributed by atoms with Crippen LogP contribution < -0.4 is 11.2 Å². The lowest BCUT2D eigenvalue weighted by atomic mass is 10.2. The Morgan fingerprint density at radius 2 is 2.12 bits per heavy atom. The Kier molecular flexibility index (Phi) is 3.93. The summed E-state index contributed by atoms with van der Waals surface area (Å²) in [5.74, 6) is 0. The molecular formula is C8H9N3O3S2. The number of nitrogens with two attached hydrogens (primary N) is 1. The van der Waals surface area contributed by atoms with Crippen molar-refractivity contribution in [3.05, 3.63) is 29.8 Å². The Balaban J connectivity index is 3.06. The monoisotopic (exact) mass is 259 g/mol. The molecule has 0 radical (unpaired) electrons. The summed E-state index contributed by atoms with van der Waals surface area (Å²) in [6, 6.07) is 5.84. The van der Waals surface area contributed by atoms with Gasteiger partial charge in [-0.25, -0.2) is 0 Å². The molecule has 0 aliphatic rings. The second-order valence-electron chi connectivity index (χ2n) is 2.75. The molecule has 0 atom stereocenters. The van der Waals surface area contributed by atoms with Gasteiger partial charge in [-0.1, -0.05) is 18.2 Å². The minimum atomic E-state index is -4.27. The minimum Gasteiger partial charge on any atom is -0.375 e. The Bertz CT molecular complexity index is 525. The van der Waals surface area contributed by atoms with E-state index in [1.807, 2.05) is 0 Å². The molecule has 0 bridgehead atoms. The number of thiocarbonyl (C=S) groups is 1. The van der Waals surface area contributed by atoms with Crippen LogP contribution in [0, 0.1) is 0 Å². The number of nitrogens with zero attached hydrogens (tertiary/aromatic N) is 1. The first-order valence-electron chi connectivity index (χ1n) is 4.06. The van der Waals surface area contributed by atoms with Crippen molar-refractivity contribution in [3.63, 3.8) is 0 Å². The first kappa shape index (κ1) is 12.6. The van der Waals surface area contributed by atoms with E-state index in [1.165, 1.54) is 24.4 Å². The van der Waals surface area contributed by atoms with Crippen LogP contribution in [0.1, 0.15) is 5.56 Å². The molecule has 0 aliphatic carbocycles. The number of hydrogen-bond acceptors (Lipinski definition) is 4. The van der Waals surface area contributed by atoms with Crippen LogP contribution in [0.5, 0.6) is 0 Å². The van der Waals surface area contributed by atoms with Crippen molar-refractivity contribution < 1.29 is 13.0 Å². The molecule has 8 heteroatoms. The van der Waals surface area contributed by atoms with Crippen LogP contribution in [0.4, 0.5) is 0 Å². The van der Waals surface area contributed by atoms with Crippen molar-refractivity contribution in [1.82, 2.24) is 5.43 Å². The van der Waals surface area contributed by atoms with E-state index in [2.05, 4.69) is 22.7 Å². The zero-order valence-electron chi connectivity index (χ0n) is 7.99. The van der Waals surface area contributed by atoms with E-state index >= 15 is 0 Å². The molecule has 0 unspecified atom stereocenters. The fourth-order valence-corrected chi connectivity index (χ4v) is 1.71. The van der Waals surface area contributed by atoms with E-state index in [0.29, 0.717) is 0 Å². The minimum absolute atomic E-state index is 0.0411. The fourth-order valence-electron chi connectivity index (χ4n) is 0.988. The number of rotatable bonds is 3. The molecule has 86 valence electrons. The first-order valence-corrected chi connectivity index (χ1v) is 5.91. The summed E-state index contributed by atoms with van der Waals surface area (Å²) in [5.41, 5.74) is 7.62. The van der Waals surface area contributed by atoms with Gasteiger partial charge in [-0.15, -0.1) is 0 Å². The maximum absolute atomic E-state index is 11.0. The first-order chi connectivity index (χ1) is 7.41. The lowest BCUT2D eigenvalue weighted by molar-refractivity contribution is 0.483. The van der Waals surface area contributed by atoms with Crippen LogP contribution in [0.25, 0.3) is 0 Å². The van der Waals surface area contributed by atoms with Crippen molar-refractivity contribution in [1.29, 1.82) is 0 Å². The van der Waals surface area contributed by atoms with Gasteiger partial charge in [-0.2, -0.15) is 13.5 Å². The van der Waals surface area contributed by atoms with E-state index in [0.717, 1.165) is 0 Å². The van der Waals surface area contributed by atoms with Crippen molar-refractivity contribution >= 4 is 33.7 Å². The van der Waals surface area contributed by atoms with E-state index in [1.54, 1.807) is 6.07 Å². The predicted octanol–water partition coefficient (Wildman–Crippen LogP) is 0.100. The molecule has 0 aliphatic heterocycles. The largest absolute Gasteiger partial charge is 0.375 e. The highest BCUT2D eigenvalue weighted by Crippen LogP contribution is 2.12. The Morgan fingerprint density at radius 3 is 2.69 bits per heavy atom. The molecule has 0 aromatic heterocycles. The van der Waals surface area contributed by atoms with Gasteiger partial charge in [0.1, 0.15) is 4.90 Å². The molecule has 16 heavy (non-hydrogen) atoms. The second-order valence-corrected chi connectivity index (χ2v) is 4.58. The standard InChI is InChI=1S/C8H9N3O3S2/c9-8(15)11-10-5-6-3-1-2-4-7(6)16(12,13)14/h1-5H,(H3,9,11,15)(H,12,13,14)/b10-5+. The maximum atomic E-state index is 11.0. The van der Waals surface area contributed by atoms with Crippen LogP contribution in [0.2, 0.25) is 0 Å². The van der Waals surface area contributed by atoms with Gasteiger partial charge in [0.15, 0.2) is 5.11 Å². The quantitative estimate of drug-likeness (QED) is 0.308. The third kappa shape index (κ3) is 3.57. The van der Waals surface area contributed by atoms with Gasteiger partial charge in [-0.05, 0) is 18.3 Å². The van der Waals surface area contributed by atoms with E-state index in [9.17, 15) is 8.42 Å². The average Bonchev–Trinajstić information content (AvgIpc) is 2.16. The molecule has 0 saturated carbocycles. The average molecular weight is 259 g/mol. The summed E-state index contributed by atoms with van der Waals surface area (Å²) >= 11 is 4.50. The number of hydrazone groups is 1. The molecule has 0 heterocycles. The molecule has 0 amide bonds. The molecule has 0 fully saturated rings. The molecule has 4 N–H and O–H groups in total.